The average molecular weight is 445 g/mol. The summed E-state index contributed by atoms with van der Waals surface area (Å²) in [5.74, 6) is 1.54. The third-order valence-corrected chi connectivity index (χ3v) is 5.41. The van der Waals surface area contributed by atoms with Crippen LogP contribution in [0.1, 0.15) is 23.1 Å². The van der Waals surface area contributed by atoms with Gasteiger partial charge in [0.05, 0.1) is 12.9 Å². The molecule has 1 heterocycles. The molecule has 0 amide bonds. The standard InChI is InChI=1S/C27H25ClN2O2/c28-14-13-26(21-5-2-1-3-6-21)27(23-7-4-8-24(31)19-23)22-9-11-25(12-10-22)32-18-17-30-16-15-29-20-30/h1-12,15-16,19-20,31H,13-14,17-18H2/b27-26+. The van der Waals surface area contributed by atoms with Gasteiger partial charge in [0, 0.05) is 18.3 Å². The van der Waals surface area contributed by atoms with Crippen LogP contribution < -0.4 is 4.74 Å². The van der Waals surface area contributed by atoms with E-state index in [2.05, 4.69) is 29.2 Å². The first-order chi connectivity index (χ1) is 15.7. The fourth-order valence-electron chi connectivity index (χ4n) is 3.73. The Hall–Kier alpha value is -3.50. The van der Waals surface area contributed by atoms with Crippen molar-refractivity contribution in [2.24, 2.45) is 0 Å². The Morgan fingerprint density at radius 2 is 1.69 bits per heavy atom. The molecule has 0 aliphatic rings. The molecular formula is C27H25ClN2O2. The number of imidazole rings is 1. The molecule has 0 unspecified atom stereocenters. The molecule has 0 saturated heterocycles. The summed E-state index contributed by atoms with van der Waals surface area (Å²) >= 11 is 6.21. The molecule has 0 aliphatic carbocycles. The van der Waals surface area contributed by atoms with Gasteiger partial charge < -0.3 is 14.4 Å². The van der Waals surface area contributed by atoms with E-state index in [1.165, 1.54) is 0 Å². The lowest BCUT2D eigenvalue weighted by atomic mass is 9.88. The van der Waals surface area contributed by atoms with Crippen LogP contribution in [-0.2, 0) is 6.54 Å². The number of phenolic OH excluding ortho intramolecular Hbond substituents is 1. The number of ether oxygens (including phenoxy) is 1. The number of nitrogens with zero attached hydrogens (tertiary/aromatic N) is 2. The largest absolute Gasteiger partial charge is 0.508 e. The Kier molecular flexibility index (Phi) is 7.26. The van der Waals surface area contributed by atoms with Gasteiger partial charge in [-0.3, -0.25) is 0 Å². The van der Waals surface area contributed by atoms with Gasteiger partial charge in [-0.05, 0) is 58.5 Å². The third kappa shape index (κ3) is 5.40. The number of benzene rings is 3. The summed E-state index contributed by atoms with van der Waals surface area (Å²) in [5.41, 5.74) is 5.30. The number of phenols is 1. The number of aromatic hydroxyl groups is 1. The van der Waals surface area contributed by atoms with Crippen LogP contribution in [0.2, 0.25) is 0 Å². The van der Waals surface area contributed by atoms with Crippen LogP contribution in [-0.4, -0.2) is 27.1 Å². The molecule has 32 heavy (non-hydrogen) atoms. The summed E-state index contributed by atoms with van der Waals surface area (Å²) in [7, 11) is 0. The molecule has 0 radical (unpaired) electrons. The van der Waals surface area contributed by atoms with Crippen LogP contribution in [0.25, 0.3) is 11.1 Å². The predicted molar refractivity (Wildman–Crippen MR) is 130 cm³/mol. The first-order valence-electron chi connectivity index (χ1n) is 10.6. The predicted octanol–water partition coefficient (Wildman–Crippen LogP) is 6.26. The van der Waals surface area contributed by atoms with Gasteiger partial charge in [-0.1, -0.05) is 54.6 Å². The quantitative estimate of drug-likeness (QED) is 0.245. The number of hydrogen-bond donors (Lipinski definition) is 1. The summed E-state index contributed by atoms with van der Waals surface area (Å²) in [6.45, 7) is 1.30. The highest BCUT2D eigenvalue weighted by Crippen LogP contribution is 2.36. The fraction of sp³-hybridized carbons (Fsp3) is 0.148. The van der Waals surface area contributed by atoms with Crippen LogP contribution in [0.5, 0.6) is 11.5 Å². The first kappa shape index (κ1) is 21.7. The highest BCUT2D eigenvalue weighted by molar-refractivity contribution is 6.18. The van der Waals surface area contributed by atoms with E-state index in [0.29, 0.717) is 18.9 Å². The highest BCUT2D eigenvalue weighted by atomic mass is 35.5. The lowest BCUT2D eigenvalue weighted by Gasteiger charge is -2.17. The number of hydrogen-bond acceptors (Lipinski definition) is 3. The maximum absolute atomic E-state index is 10.1. The van der Waals surface area contributed by atoms with Crippen LogP contribution in [0.15, 0.2) is 97.6 Å². The van der Waals surface area contributed by atoms with E-state index in [-0.39, 0.29) is 5.75 Å². The van der Waals surface area contributed by atoms with Crippen LogP contribution in [0, 0.1) is 0 Å². The van der Waals surface area contributed by atoms with Crippen molar-refractivity contribution in [3.8, 4) is 11.5 Å². The average Bonchev–Trinajstić information content (AvgIpc) is 3.34. The van der Waals surface area contributed by atoms with Crippen molar-refractivity contribution in [1.29, 1.82) is 0 Å². The molecule has 1 N–H and O–H groups in total. The van der Waals surface area contributed by atoms with Gasteiger partial charge in [0.25, 0.3) is 0 Å². The second kappa shape index (κ2) is 10.7. The minimum atomic E-state index is 0.234. The van der Waals surface area contributed by atoms with Gasteiger partial charge >= 0.3 is 0 Å². The van der Waals surface area contributed by atoms with E-state index in [1.54, 1.807) is 24.7 Å². The molecule has 4 nitrogen and oxygen atoms in total. The molecule has 3 aromatic carbocycles. The molecular weight excluding hydrogens is 420 g/mol. The van der Waals surface area contributed by atoms with Crippen molar-refractivity contribution in [1.82, 2.24) is 9.55 Å². The number of aromatic nitrogens is 2. The van der Waals surface area contributed by atoms with E-state index in [9.17, 15) is 5.11 Å². The number of halogens is 1. The normalized spacial score (nSPS) is 11.8. The SMILES string of the molecule is Oc1cccc(/C(=C(\CCCl)c2ccccc2)c2ccc(OCCn3ccnc3)cc2)c1. The summed E-state index contributed by atoms with van der Waals surface area (Å²) in [5, 5.41) is 10.1. The second-order valence-electron chi connectivity index (χ2n) is 7.38. The topological polar surface area (TPSA) is 47.3 Å². The number of allylic oxidation sites excluding steroid dienone is 1. The minimum absolute atomic E-state index is 0.234. The van der Waals surface area contributed by atoms with Gasteiger partial charge in [-0.25, -0.2) is 4.98 Å². The van der Waals surface area contributed by atoms with Crippen molar-refractivity contribution < 1.29 is 9.84 Å². The van der Waals surface area contributed by atoms with Crippen LogP contribution in [0.4, 0.5) is 0 Å². The molecule has 1 aromatic heterocycles. The minimum Gasteiger partial charge on any atom is -0.508 e. The smallest absolute Gasteiger partial charge is 0.119 e. The summed E-state index contributed by atoms with van der Waals surface area (Å²) in [4.78, 5) is 4.05. The molecule has 0 bridgehead atoms. The maximum atomic E-state index is 10.1. The van der Waals surface area contributed by atoms with E-state index < -0.39 is 0 Å². The first-order valence-corrected chi connectivity index (χ1v) is 11.1. The Balaban J connectivity index is 1.68. The van der Waals surface area contributed by atoms with Crippen molar-refractivity contribution in [2.45, 2.75) is 13.0 Å². The van der Waals surface area contributed by atoms with Crippen LogP contribution in [0.3, 0.4) is 0 Å². The molecule has 0 saturated carbocycles. The van der Waals surface area contributed by atoms with Crippen molar-refractivity contribution in [3.05, 3.63) is 114 Å². The maximum Gasteiger partial charge on any atom is 0.119 e. The lowest BCUT2D eigenvalue weighted by molar-refractivity contribution is 0.298. The summed E-state index contributed by atoms with van der Waals surface area (Å²) in [6.07, 6.45) is 6.16. The zero-order valence-electron chi connectivity index (χ0n) is 17.7. The molecule has 0 atom stereocenters. The third-order valence-electron chi connectivity index (χ3n) is 5.22. The highest BCUT2D eigenvalue weighted by Gasteiger charge is 2.14. The molecule has 4 rings (SSSR count). The Labute approximate surface area is 193 Å². The van der Waals surface area contributed by atoms with Crippen LogP contribution >= 0.6 is 11.6 Å². The van der Waals surface area contributed by atoms with Gasteiger partial charge in [-0.15, -0.1) is 11.6 Å². The van der Waals surface area contributed by atoms with Gasteiger partial charge in [0.2, 0.25) is 0 Å². The Bertz CT molecular complexity index is 1150. The number of rotatable bonds is 9. The fourth-order valence-corrected chi connectivity index (χ4v) is 3.92. The Morgan fingerprint density at radius 1 is 0.906 bits per heavy atom. The van der Waals surface area contributed by atoms with Crippen molar-refractivity contribution >= 4 is 22.7 Å². The zero-order chi connectivity index (χ0) is 22.2. The second-order valence-corrected chi connectivity index (χ2v) is 7.76. The van der Waals surface area contributed by atoms with E-state index in [1.807, 2.05) is 53.2 Å². The van der Waals surface area contributed by atoms with Gasteiger partial charge in [0.15, 0.2) is 0 Å². The zero-order valence-corrected chi connectivity index (χ0v) is 18.4. The number of alkyl halides is 1. The van der Waals surface area contributed by atoms with E-state index in [0.717, 1.165) is 40.1 Å². The molecule has 0 fully saturated rings. The van der Waals surface area contributed by atoms with Gasteiger partial charge in [-0.2, -0.15) is 0 Å². The molecule has 5 heteroatoms. The molecule has 4 aromatic rings. The lowest BCUT2D eigenvalue weighted by Crippen LogP contribution is -2.06. The van der Waals surface area contributed by atoms with Crippen molar-refractivity contribution in [2.75, 3.05) is 12.5 Å². The summed E-state index contributed by atoms with van der Waals surface area (Å²) in [6, 6.07) is 25.7. The molecule has 0 spiro atoms. The Morgan fingerprint density at radius 3 is 2.38 bits per heavy atom. The molecule has 0 aliphatic heterocycles. The molecule has 162 valence electrons. The van der Waals surface area contributed by atoms with Crippen molar-refractivity contribution in [3.63, 3.8) is 0 Å². The van der Waals surface area contributed by atoms with E-state index in [4.69, 9.17) is 16.3 Å². The van der Waals surface area contributed by atoms with E-state index >= 15 is 0 Å². The monoisotopic (exact) mass is 444 g/mol. The van der Waals surface area contributed by atoms with Gasteiger partial charge in [0.1, 0.15) is 18.1 Å². The summed E-state index contributed by atoms with van der Waals surface area (Å²) < 4.78 is 7.89.